The van der Waals surface area contributed by atoms with Gasteiger partial charge in [-0.05, 0) is 44.9 Å². The van der Waals surface area contributed by atoms with Crippen molar-refractivity contribution >= 4 is 29.3 Å². The van der Waals surface area contributed by atoms with E-state index in [0.29, 0.717) is 6.42 Å². The van der Waals surface area contributed by atoms with Crippen molar-refractivity contribution < 1.29 is 43.3 Å². The summed E-state index contributed by atoms with van der Waals surface area (Å²) in [4.78, 5) is 67.4. The molecule has 0 spiro atoms. The molecule has 0 radical (unpaired) electrons. The quantitative estimate of drug-likeness (QED) is 0.441. The van der Waals surface area contributed by atoms with Crippen LogP contribution >= 0.6 is 0 Å². The lowest BCUT2D eigenvalue weighted by Gasteiger charge is -2.69. The summed E-state index contributed by atoms with van der Waals surface area (Å²) in [5.41, 5.74) is -8.13. The molecule has 1 saturated heterocycles. The van der Waals surface area contributed by atoms with Gasteiger partial charge >= 0.3 is 11.9 Å². The van der Waals surface area contributed by atoms with Crippen LogP contribution in [0.3, 0.4) is 0 Å². The molecule has 0 bridgehead atoms. The zero-order valence-electron chi connectivity index (χ0n) is 22.6. The van der Waals surface area contributed by atoms with Gasteiger partial charge in [0, 0.05) is 23.2 Å². The van der Waals surface area contributed by atoms with Gasteiger partial charge in [0.25, 0.3) is 0 Å². The minimum Gasteiger partial charge on any atom is -0.469 e. The summed E-state index contributed by atoms with van der Waals surface area (Å²) in [5, 5.41) is 11.7. The minimum absolute atomic E-state index is 0.0453. The Balaban J connectivity index is 2.02. The Bertz CT molecular complexity index is 1080. The number of ether oxygens (including phenoxy) is 3. The lowest BCUT2D eigenvalue weighted by Crippen LogP contribution is -2.75. The second kappa shape index (κ2) is 7.47. The molecule has 4 aliphatic rings. The second-order valence-corrected chi connectivity index (χ2v) is 12.9. The summed E-state index contributed by atoms with van der Waals surface area (Å²) in [5.74, 6) is -5.43. The Morgan fingerprint density at radius 1 is 0.972 bits per heavy atom. The van der Waals surface area contributed by atoms with Crippen LogP contribution in [0.15, 0.2) is 0 Å². The molecule has 9 heteroatoms. The molecule has 9 atom stereocenters. The van der Waals surface area contributed by atoms with Crippen molar-refractivity contribution in [2.24, 2.45) is 39.4 Å². The molecule has 0 aromatic rings. The van der Waals surface area contributed by atoms with Gasteiger partial charge in [-0.2, -0.15) is 0 Å². The van der Waals surface area contributed by atoms with Crippen molar-refractivity contribution in [1.82, 2.24) is 0 Å². The largest absolute Gasteiger partial charge is 0.469 e. The van der Waals surface area contributed by atoms with Gasteiger partial charge in [0.15, 0.2) is 11.6 Å². The summed E-state index contributed by atoms with van der Waals surface area (Å²) in [6.45, 7) is 11.7. The van der Waals surface area contributed by atoms with Gasteiger partial charge in [0.1, 0.15) is 11.9 Å². The number of methoxy groups -OCH3 is 2. The minimum atomic E-state index is -1.98. The van der Waals surface area contributed by atoms with Crippen molar-refractivity contribution in [3.63, 3.8) is 0 Å². The molecule has 0 aromatic carbocycles. The fourth-order valence-electron chi connectivity index (χ4n) is 9.05. The molecule has 1 N–H and O–H groups in total. The molecule has 0 amide bonds. The Kier molecular flexibility index (Phi) is 5.58. The standard InChI is InChI=1S/C27H38O9/c1-22(2)14(28)10-11-23(3)13-12-24(4)26(6,20(32)27(7,36-24)21(33)35-9)17(19(31)34-8)25(13,5)18(30)15(29)16(22)23/h13,16-18,30H,10-12H2,1-9H3. The summed E-state index contributed by atoms with van der Waals surface area (Å²) in [6, 6.07) is 0. The molecule has 4 rings (SSSR count). The maximum atomic E-state index is 14.1. The third kappa shape index (κ3) is 2.71. The highest BCUT2D eigenvalue weighted by Crippen LogP contribution is 2.73. The van der Waals surface area contributed by atoms with Crippen LogP contribution in [-0.2, 0) is 38.2 Å². The third-order valence-electron chi connectivity index (χ3n) is 10.9. The molecule has 1 aliphatic heterocycles. The number of carbonyl (C=O) groups is 5. The van der Waals surface area contributed by atoms with E-state index >= 15 is 0 Å². The predicted molar refractivity (Wildman–Crippen MR) is 125 cm³/mol. The SMILES string of the molecule is COC(=O)C1C2(C)C(O)C(=O)C3C(C)(C)C(=O)CCC3(C)C2CC2(C)OC(C)(C(=O)OC)C(=O)C12C. The fourth-order valence-corrected chi connectivity index (χ4v) is 9.05. The third-order valence-corrected chi connectivity index (χ3v) is 10.9. The number of carbonyl (C=O) groups excluding carboxylic acids is 5. The van der Waals surface area contributed by atoms with Gasteiger partial charge in [-0.3, -0.25) is 19.2 Å². The number of hydrogen-bond acceptors (Lipinski definition) is 9. The monoisotopic (exact) mass is 506 g/mol. The number of hydrogen-bond donors (Lipinski definition) is 1. The first kappa shape index (κ1) is 26.9. The average molecular weight is 507 g/mol. The molecule has 36 heavy (non-hydrogen) atoms. The van der Waals surface area contributed by atoms with Crippen molar-refractivity contribution in [2.75, 3.05) is 14.2 Å². The van der Waals surface area contributed by atoms with E-state index in [1.54, 1.807) is 34.6 Å². The van der Waals surface area contributed by atoms with Crippen molar-refractivity contribution in [2.45, 2.75) is 85.0 Å². The zero-order chi connectivity index (χ0) is 27.4. The lowest BCUT2D eigenvalue weighted by molar-refractivity contribution is -0.261. The van der Waals surface area contributed by atoms with Crippen LogP contribution in [0.2, 0.25) is 0 Å². The van der Waals surface area contributed by atoms with E-state index < -0.39 is 80.2 Å². The molecule has 1 heterocycles. The van der Waals surface area contributed by atoms with Crippen LogP contribution in [0.4, 0.5) is 0 Å². The van der Waals surface area contributed by atoms with Crippen LogP contribution in [0.5, 0.6) is 0 Å². The maximum Gasteiger partial charge on any atom is 0.345 e. The lowest BCUT2D eigenvalue weighted by atomic mass is 9.34. The van der Waals surface area contributed by atoms with Crippen molar-refractivity contribution in [3.05, 3.63) is 0 Å². The molecule has 9 unspecified atom stereocenters. The first-order chi connectivity index (χ1) is 16.4. The van der Waals surface area contributed by atoms with Crippen LogP contribution in [0, 0.1) is 39.4 Å². The molecular weight excluding hydrogens is 468 g/mol. The number of fused-ring (bicyclic) bond motifs is 4. The summed E-state index contributed by atoms with van der Waals surface area (Å²) in [7, 11) is 2.35. The molecule has 0 aromatic heterocycles. The van der Waals surface area contributed by atoms with Gasteiger partial charge < -0.3 is 19.3 Å². The van der Waals surface area contributed by atoms with Gasteiger partial charge in [-0.25, -0.2) is 4.79 Å². The highest BCUT2D eigenvalue weighted by Gasteiger charge is 2.82. The Hall–Kier alpha value is -2.13. The maximum absolute atomic E-state index is 14.1. The second-order valence-electron chi connectivity index (χ2n) is 12.9. The van der Waals surface area contributed by atoms with E-state index in [1.165, 1.54) is 14.0 Å². The van der Waals surface area contributed by atoms with Gasteiger partial charge in [0.05, 0.1) is 31.2 Å². The van der Waals surface area contributed by atoms with Crippen LogP contribution < -0.4 is 0 Å². The normalized spacial score (nSPS) is 49.6. The van der Waals surface area contributed by atoms with Gasteiger partial charge in [-0.15, -0.1) is 0 Å². The Morgan fingerprint density at radius 3 is 2.08 bits per heavy atom. The Labute approximate surface area is 211 Å². The van der Waals surface area contributed by atoms with Crippen LogP contribution in [-0.4, -0.2) is 65.9 Å². The van der Waals surface area contributed by atoms with E-state index in [-0.39, 0.29) is 18.6 Å². The van der Waals surface area contributed by atoms with E-state index in [2.05, 4.69) is 0 Å². The van der Waals surface area contributed by atoms with Gasteiger partial charge in [-0.1, -0.05) is 27.7 Å². The molecule has 9 nitrogen and oxygen atoms in total. The van der Waals surface area contributed by atoms with E-state index in [1.807, 2.05) is 6.92 Å². The smallest absolute Gasteiger partial charge is 0.345 e. The summed E-state index contributed by atoms with van der Waals surface area (Å²) in [6.07, 6.45) is -0.796. The molecular formula is C27H38O9. The van der Waals surface area contributed by atoms with Crippen LogP contribution in [0.25, 0.3) is 0 Å². The number of aliphatic hydroxyl groups is 1. The van der Waals surface area contributed by atoms with E-state index in [4.69, 9.17) is 14.2 Å². The number of esters is 2. The number of aliphatic hydroxyl groups excluding tert-OH is 1. The highest BCUT2D eigenvalue weighted by atomic mass is 16.6. The summed E-state index contributed by atoms with van der Waals surface area (Å²) >= 11 is 0. The summed E-state index contributed by atoms with van der Waals surface area (Å²) < 4.78 is 16.4. The fraction of sp³-hybridized carbons (Fsp3) is 0.815. The first-order valence-corrected chi connectivity index (χ1v) is 12.5. The van der Waals surface area contributed by atoms with E-state index in [0.717, 1.165) is 7.11 Å². The first-order valence-electron chi connectivity index (χ1n) is 12.5. The molecule has 3 aliphatic carbocycles. The highest BCUT2D eigenvalue weighted by molar-refractivity contribution is 6.13. The van der Waals surface area contributed by atoms with Crippen molar-refractivity contribution in [1.29, 1.82) is 0 Å². The molecule has 200 valence electrons. The average Bonchev–Trinajstić information content (AvgIpc) is 2.96. The van der Waals surface area contributed by atoms with Crippen LogP contribution in [0.1, 0.15) is 67.7 Å². The Morgan fingerprint density at radius 2 is 1.56 bits per heavy atom. The molecule has 4 fully saturated rings. The zero-order valence-corrected chi connectivity index (χ0v) is 22.6. The number of ketones is 3. The van der Waals surface area contributed by atoms with Crippen molar-refractivity contribution in [3.8, 4) is 0 Å². The topological polar surface area (TPSA) is 133 Å². The number of Topliss-reactive ketones (excluding diaryl/α,β-unsaturated/α-hetero) is 3. The van der Waals surface area contributed by atoms with E-state index in [9.17, 15) is 29.1 Å². The van der Waals surface area contributed by atoms with Gasteiger partial charge in [0.2, 0.25) is 5.60 Å². The predicted octanol–water partition coefficient (Wildman–Crippen LogP) is 2.05. The molecule has 3 saturated carbocycles. The number of rotatable bonds is 2.